The molecule has 1 unspecified atom stereocenters. The van der Waals surface area contributed by atoms with Crippen molar-refractivity contribution in [3.63, 3.8) is 0 Å². The maximum Gasteiger partial charge on any atom is 0.394 e. The van der Waals surface area contributed by atoms with E-state index in [2.05, 4.69) is 27.8 Å². The molecule has 4 amide bonds. The van der Waals surface area contributed by atoms with Gasteiger partial charge in [0.2, 0.25) is 17.7 Å². The fraction of sp³-hybridized carbons (Fsp3) is 0.391. The molecule has 1 aromatic carbocycles. The molecule has 38 heavy (non-hydrogen) atoms. The van der Waals surface area contributed by atoms with Gasteiger partial charge in [-0.05, 0) is 30.2 Å². The Hall–Kier alpha value is -3.56. The van der Waals surface area contributed by atoms with Gasteiger partial charge in [0.15, 0.2) is 0 Å². The number of rotatable bonds is 15. The van der Waals surface area contributed by atoms with Gasteiger partial charge in [0.1, 0.15) is 0 Å². The molecular weight excluding hydrogens is 538 g/mol. The number of amides is 4. The van der Waals surface area contributed by atoms with Crippen LogP contribution in [0.15, 0.2) is 36.9 Å². The Morgan fingerprint density at radius 2 is 1.66 bits per heavy atom. The SMILES string of the molecule is C=CC(=O)NCCC(=O)NCC(=O)NC(CSSCCN)Cc1ccc(NC(=O)C(=O)O)cc1.CC(=O)O. The van der Waals surface area contributed by atoms with Gasteiger partial charge in [-0.25, -0.2) is 4.79 Å². The number of nitrogens with two attached hydrogens (primary N) is 1. The number of carbonyl (C=O) groups excluding carboxylic acids is 4. The third-order valence-corrected chi connectivity index (χ3v) is 6.61. The van der Waals surface area contributed by atoms with E-state index >= 15 is 0 Å². The first kappa shape index (κ1) is 34.4. The molecule has 0 aliphatic rings. The van der Waals surface area contributed by atoms with Crippen molar-refractivity contribution < 1.29 is 39.0 Å². The summed E-state index contributed by atoms with van der Waals surface area (Å²) in [6, 6.07) is 6.38. The van der Waals surface area contributed by atoms with Gasteiger partial charge in [-0.3, -0.25) is 24.0 Å². The quantitative estimate of drug-likeness (QED) is 0.0642. The molecule has 0 bridgehead atoms. The Morgan fingerprint density at radius 3 is 2.21 bits per heavy atom. The van der Waals surface area contributed by atoms with Crippen LogP contribution in [0.1, 0.15) is 18.9 Å². The number of carboxylic acids is 2. The van der Waals surface area contributed by atoms with Gasteiger partial charge >= 0.3 is 11.9 Å². The average molecular weight is 572 g/mol. The van der Waals surface area contributed by atoms with Crippen molar-refractivity contribution >= 4 is 62.8 Å². The first-order valence-corrected chi connectivity index (χ1v) is 13.7. The zero-order chi connectivity index (χ0) is 28.9. The molecule has 0 aliphatic carbocycles. The van der Waals surface area contributed by atoms with Gasteiger partial charge in [-0.2, -0.15) is 0 Å². The summed E-state index contributed by atoms with van der Waals surface area (Å²) in [5, 5.41) is 26.2. The smallest absolute Gasteiger partial charge is 0.394 e. The standard InChI is InChI=1S/C21H29N5O6S2.C2H4O2/c1-2-17(27)23-9-7-18(28)24-12-19(29)25-16(13-34-33-10-8-22)11-14-3-5-15(6-4-14)26-20(30)21(31)32;1-2(3)4/h2-6,16H,1,7-13,22H2,(H,23,27)(H,24,28)(H,25,29)(H,26,30)(H,31,32);1H3,(H,3,4). The Morgan fingerprint density at radius 1 is 1.03 bits per heavy atom. The van der Waals surface area contributed by atoms with Crippen molar-refractivity contribution in [1.29, 1.82) is 0 Å². The second-order valence-corrected chi connectivity index (χ2v) is 9.99. The van der Waals surface area contributed by atoms with Crippen LogP contribution in [0, 0.1) is 0 Å². The Labute approximate surface area is 228 Å². The van der Waals surface area contributed by atoms with Crippen LogP contribution >= 0.6 is 21.6 Å². The van der Waals surface area contributed by atoms with E-state index in [0.717, 1.165) is 24.3 Å². The molecule has 1 rings (SSSR count). The van der Waals surface area contributed by atoms with Crippen LogP contribution in [-0.2, 0) is 35.2 Å². The molecule has 15 heteroatoms. The van der Waals surface area contributed by atoms with Gasteiger partial charge in [0, 0.05) is 49.7 Å². The van der Waals surface area contributed by atoms with Crippen LogP contribution in [0.2, 0.25) is 0 Å². The highest BCUT2D eigenvalue weighted by Crippen LogP contribution is 2.22. The normalized spacial score (nSPS) is 10.6. The Bertz CT molecular complexity index is 956. The van der Waals surface area contributed by atoms with Gasteiger partial charge in [0.05, 0.1) is 6.54 Å². The van der Waals surface area contributed by atoms with Gasteiger partial charge in [-0.1, -0.05) is 40.3 Å². The number of nitrogens with one attached hydrogen (secondary N) is 4. The van der Waals surface area contributed by atoms with Crippen LogP contribution in [0.3, 0.4) is 0 Å². The number of hydrogen-bond donors (Lipinski definition) is 7. The van der Waals surface area contributed by atoms with Crippen LogP contribution in [-0.4, -0.2) is 83.0 Å². The van der Waals surface area contributed by atoms with Crippen LogP contribution in [0.5, 0.6) is 0 Å². The van der Waals surface area contributed by atoms with E-state index in [1.54, 1.807) is 45.9 Å². The van der Waals surface area contributed by atoms with Crippen molar-refractivity contribution in [2.75, 3.05) is 36.5 Å². The third kappa shape index (κ3) is 18.7. The molecule has 0 spiro atoms. The molecule has 0 saturated carbocycles. The maximum absolute atomic E-state index is 12.4. The number of anilines is 1. The van der Waals surface area contributed by atoms with Crippen LogP contribution < -0.4 is 27.0 Å². The minimum Gasteiger partial charge on any atom is -0.481 e. The maximum atomic E-state index is 12.4. The van der Waals surface area contributed by atoms with E-state index in [9.17, 15) is 24.0 Å². The first-order valence-electron chi connectivity index (χ1n) is 11.2. The summed E-state index contributed by atoms with van der Waals surface area (Å²) < 4.78 is 0. The second-order valence-electron chi connectivity index (χ2n) is 7.36. The van der Waals surface area contributed by atoms with Crippen molar-refractivity contribution in [3.05, 3.63) is 42.5 Å². The summed E-state index contributed by atoms with van der Waals surface area (Å²) in [4.78, 5) is 66.2. The summed E-state index contributed by atoms with van der Waals surface area (Å²) in [5.41, 5.74) is 6.72. The van der Waals surface area contributed by atoms with E-state index in [4.69, 9.17) is 20.7 Å². The molecule has 1 atom stereocenters. The van der Waals surface area contributed by atoms with Crippen molar-refractivity contribution in [3.8, 4) is 0 Å². The van der Waals surface area contributed by atoms with Gasteiger partial charge in [-0.15, -0.1) is 0 Å². The molecule has 0 heterocycles. The van der Waals surface area contributed by atoms with Crippen molar-refractivity contribution in [1.82, 2.24) is 16.0 Å². The topological polar surface area (TPSA) is 217 Å². The van der Waals surface area contributed by atoms with Crippen LogP contribution in [0.4, 0.5) is 5.69 Å². The lowest BCUT2D eigenvalue weighted by Crippen LogP contribution is -2.44. The zero-order valence-corrected chi connectivity index (χ0v) is 22.5. The Kier molecular flexibility index (Phi) is 18.6. The lowest BCUT2D eigenvalue weighted by molar-refractivity contribution is -0.147. The Balaban J connectivity index is 0.00000318. The van der Waals surface area contributed by atoms with Crippen LogP contribution in [0.25, 0.3) is 0 Å². The third-order valence-electron chi connectivity index (χ3n) is 4.09. The van der Waals surface area contributed by atoms with E-state index in [-0.39, 0.29) is 43.3 Å². The number of carbonyl (C=O) groups is 6. The fourth-order valence-electron chi connectivity index (χ4n) is 2.50. The summed E-state index contributed by atoms with van der Waals surface area (Å²) in [6.07, 6.45) is 1.62. The number of hydrogen-bond acceptors (Lipinski definition) is 9. The van der Waals surface area contributed by atoms with Crippen molar-refractivity contribution in [2.24, 2.45) is 5.73 Å². The molecule has 13 nitrogen and oxygen atoms in total. The number of benzene rings is 1. The molecule has 0 saturated heterocycles. The largest absolute Gasteiger partial charge is 0.481 e. The van der Waals surface area contributed by atoms with Crippen molar-refractivity contribution in [2.45, 2.75) is 25.8 Å². The number of carboxylic acid groups (broad SMARTS) is 2. The second kappa shape index (κ2) is 20.5. The molecule has 1 aromatic rings. The van der Waals surface area contributed by atoms with Gasteiger partial charge in [0.25, 0.3) is 5.97 Å². The fourth-order valence-corrected chi connectivity index (χ4v) is 4.60. The molecule has 0 aromatic heterocycles. The number of aliphatic carboxylic acids is 2. The van der Waals surface area contributed by atoms with E-state index < -0.39 is 17.8 Å². The molecule has 0 aliphatic heterocycles. The summed E-state index contributed by atoms with van der Waals surface area (Å²) in [6.45, 7) is 4.87. The van der Waals surface area contributed by atoms with E-state index in [1.165, 1.54) is 0 Å². The minimum atomic E-state index is -1.58. The molecular formula is C23H33N5O8S2. The molecule has 0 radical (unpaired) electrons. The highest BCUT2D eigenvalue weighted by Gasteiger charge is 2.15. The summed E-state index contributed by atoms with van der Waals surface area (Å²) >= 11 is 0. The lowest BCUT2D eigenvalue weighted by Gasteiger charge is -2.19. The highest BCUT2D eigenvalue weighted by atomic mass is 33.1. The minimum absolute atomic E-state index is 0.0344. The molecule has 210 valence electrons. The lowest BCUT2D eigenvalue weighted by atomic mass is 10.1. The highest BCUT2D eigenvalue weighted by molar-refractivity contribution is 8.76. The van der Waals surface area contributed by atoms with Gasteiger partial charge < -0.3 is 37.2 Å². The predicted molar refractivity (Wildman–Crippen MR) is 146 cm³/mol. The average Bonchev–Trinajstić information content (AvgIpc) is 2.85. The summed E-state index contributed by atoms with van der Waals surface area (Å²) in [5.74, 6) is -3.29. The summed E-state index contributed by atoms with van der Waals surface area (Å²) in [7, 11) is 3.15. The zero-order valence-electron chi connectivity index (χ0n) is 20.9. The molecule has 0 fully saturated rings. The molecule has 8 N–H and O–H groups in total. The van der Waals surface area contributed by atoms with E-state index in [1.807, 2.05) is 0 Å². The first-order chi connectivity index (χ1) is 18.0. The predicted octanol–water partition coefficient (Wildman–Crippen LogP) is -0.0235. The van der Waals surface area contributed by atoms with E-state index in [0.29, 0.717) is 24.4 Å². The monoisotopic (exact) mass is 571 g/mol.